The average Bonchev–Trinajstić information content (AvgIpc) is 2.84. The fourth-order valence-electron chi connectivity index (χ4n) is 3.90. The number of nitrogen functional groups attached to an aromatic ring is 2. The van der Waals surface area contributed by atoms with Crippen LogP contribution >= 0.6 is 0 Å². The summed E-state index contributed by atoms with van der Waals surface area (Å²) in [5.41, 5.74) is 17.0. The van der Waals surface area contributed by atoms with Gasteiger partial charge in [0.2, 0.25) is 11.9 Å². The maximum Gasteiger partial charge on any atom is 0.266 e. The van der Waals surface area contributed by atoms with E-state index in [0.29, 0.717) is 11.3 Å². The number of hydrogen-bond acceptors (Lipinski definition) is 9. The van der Waals surface area contributed by atoms with Crippen LogP contribution in [0.4, 0.5) is 22.0 Å². The molecule has 36 heavy (non-hydrogen) atoms. The third-order valence-electron chi connectivity index (χ3n) is 5.55. The number of carbonyl (C=O) groups is 1. The van der Waals surface area contributed by atoms with Gasteiger partial charge in [0, 0.05) is 6.42 Å². The first-order valence-electron chi connectivity index (χ1n) is 10.9. The molecule has 11 nitrogen and oxygen atoms in total. The van der Waals surface area contributed by atoms with E-state index in [-0.39, 0.29) is 52.7 Å². The lowest BCUT2D eigenvalue weighted by Gasteiger charge is -2.21. The van der Waals surface area contributed by atoms with E-state index in [0.717, 1.165) is 0 Å². The largest absolute Gasteiger partial charge is 0.382 e. The van der Waals surface area contributed by atoms with Crippen LogP contribution in [0.5, 0.6) is 0 Å². The second-order valence-electron chi connectivity index (χ2n) is 8.01. The Balaban J connectivity index is 1.96. The quantitative estimate of drug-likeness (QED) is 0.301. The number of aromatic nitrogens is 4. The first kappa shape index (κ1) is 24.1. The van der Waals surface area contributed by atoms with Gasteiger partial charge in [-0.2, -0.15) is 15.2 Å². The molecule has 0 radical (unpaired) electrons. The molecule has 0 spiro atoms. The lowest BCUT2D eigenvalue weighted by atomic mass is 10.0. The fourth-order valence-corrected chi connectivity index (χ4v) is 3.90. The topological polar surface area (TPSA) is 192 Å². The van der Waals surface area contributed by atoms with Crippen LogP contribution in [0.3, 0.4) is 0 Å². The zero-order valence-electron chi connectivity index (χ0n) is 19.2. The van der Waals surface area contributed by atoms with Crippen molar-refractivity contribution in [3.8, 4) is 11.8 Å². The SMILES string of the molecule is C[C@H](Nc1nc(N)nc(N)c1C#N)c1nc2c(F)ccc(CCC(N)=O)c2c(=O)n1-c1ccccc1. The Morgan fingerprint density at radius 1 is 1.17 bits per heavy atom. The minimum absolute atomic E-state index is 0.0152. The summed E-state index contributed by atoms with van der Waals surface area (Å²) in [5, 5.41) is 12.5. The molecular formula is C24H22FN9O2. The van der Waals surface area contributed by atoms with Crippen LogP contribution in [0.1, 0.15) is 36.3 Å². The molecule has 1 atom stereocenters. The number of halogens is 1. The number of nitrogens with one attached hydrogen (secondary N) is 1. The Bertz CT molecular complexity index is 1580. The van der Waals surface area contributed by atoms with E-state index in [2.05, 4.69) is 20.3 Å². The van der Waals surface area contributed by atoms with Gasteiger partial charge in [-0.15, -0.1) is 0 Å². The van der Waals surface area contributed by atoms with Crippen molar-refractivity contribution in [3.63, 3.8) is 0 Å². The van der Waals surface area contributed by atoms with Crippen LogP contribution in [-0.2, 0) is 11.2 Å². The smallest absolute Gasteiger partial charge is 0.266 e. The number of anilines is 3. The Morgan fingerprint density at radius 2 is 1.89 bits per heavy atom. The zero-order chi connectivity index (χ0) is 26.0. The second kappa shape index (κ2) is 9.67. The zero-order valence-corrected chi connectivity index (χ0v) is 19.2. The molecule has 4 aromatic rings. The third-order valence-corrected chi connectivity index (χ3v) is 5.55. The van der Waals surface area contributed by atoms with Gasteiger partial charge in [-0.3, -0.25) is 14.2 Å². The van der Waals surface area contributed by atoms with Gasteiger partial charge < -0.3 is 22.5 Å². The van der Waals surface area contributed by atoms with Crippen molar-refractivity contribution in [2.75, 3.05) is 16.8 Å². The van der Waals surface area contributed by atoms with Gasteiger partial charge in [-0.25, -0.2) is 9.37 Å². The number of hydrogen-bond donors (Lipinski definition) is 4. The Morgan fingerprint density at radius 3 is 2.56 bits per heavy atom. The molecule has 2 aromatic heterocycles. The van der Waals surface area contributed by atoms with Crippen LogP contribution in [0.25, 0.3) is 16.6 Å². The number of aryl methyl sites for hydroxylation is 1. The van der Waals surface area contributed by atoms with Crippen LogP contribution in [0.15, 0.2) is 47.3 Å². The predicted molar refractivity (Wildman–Crippen MR) is 132 cm³/mol. The molecule has 0 aliphatic carbocycles. The van der Waals surface area contributed by atoms with Gasteiger partial charge in [-0.05, 0) is 37.1 Å². The number of carbonyl (C=O) groups excluding carboxylic acids is 1. The summed E-state index contributed by atoms with van der Waals surface area (Å²) >= 11 is 0. The van der Waals surface area contributed by atoms with Crippen LogP contribution in [0, 0.1) is 17.1 Å². The summed E-state index contributed by atoms with van der Waals surface area (Å²) in [6.07, 6.45) is 0.134. The van der Waals surface area contributed by atoms with Crippen LogP contribution < -0.4 is 28.1 Å². The van der Waals surface area contributed by atoms with E-state index < -0.39 is 23.3 Å². The lowest BCUT2D eigenvalue weighted by Crippen LogP contribution is -2.28. The average molecular weight is 487 g/mol. The number of para-hydroxylation sites is 1. The fraction of sp³-hybridized carbons (Fsp3) is 0.167. The summed E-state index contributed by atoms with van der Waals surface area (Å²) in [4.78, 5) is 37.6. The van der Waals surface area contributed by atoms with Crippen molar-refractivity contribution in [3.05, 3.63) is 75.6 Å². The van der Waals surface area contributed by atoms with E-state index in [4.69, 9.17) is 17.2 Å². The number of nitrogens with zero attached hydrogens (tertiary/aromatic N) is 5. The third kappa shape index (κ3) is 4.49. The van der Waals surface area contributed by atoms with E-state index in [1.54, 1.807) is 37.3 Å². The monoisotopic (exact) mass is 487 g/mol. The van der Waals surface area contributed by atoms with Crippen LogP contribution in [-0.4, -0.2) is 25.4 Å². The molecule has 0 unspecified atom stereocenters. The van der Waals surface area contributed by atoms with E-state index >= 15 is 0 Å². The first-order chi connectivity index (χ1) is 17.2. The summed E-state index contributed by atoms with van der Waals surface area (Å²) in [5.74, 6) is -1.33. The number of rotatable bonds is 7. The number of primary amides is 1. The minimum Gasteiger partial charge on any atom is -0.382 e. The van der Waals surface area contributed by atoms with Gasteiger partial charge in [0.15, 0.2) is 5.82 Å². The van der Waals surface area contributed by atoms with E-state index in [1.807, 2.05) is 6.07 Å². The second-order valence-corrected chi connectivity index (χ2v) is 8.01. The van der Waals surface area contributed by atoms with Gasteiger partial charge in [0.25, 0.3) is 5.56 Å². The molecular weight excluding hydrogens is 465 g/mol. The van der Waals surface area contributed by atoms with Crippen molar-refractivity contribution in [1.82, 2.24) is 19.5 Å². The molecule has 12 heteroatoms. The van der Waals surface area contributed by atoms with E-state index in [1.165, 1.54) is 16.7 Å². The maximum atomic E-state index is 15.0. The maximum absolute atomic E-state index is 15.0. The molecule has 2 aromatic carbocycles. The molecule has 0 fully saturated rings. The first-order valence-corrected chi connectivity index (χ1v) is 10.9. The molecule has 0 saturated heterocycles. The van der Waals surface area contributed by atoms with Crippen molar-refractivity contribution in [2.24, 2.45) is 5.73 Å². The Kier molecular flexibility index (Phi) is 6.47. The number of benzene rings is 2. The van der Waals surface area contributed by atoms with Gasteiger partial charge in [0.1, 0.15) is 34.6 Å². The summed E-state index contributed by atoms with van der Waals surface area (Å²) in [7, 11) is 0. The van der Waals surface area contributed by atoms with Gasteiger partial charge in [-0.1, -0.05) is 24.3 Å². The van der Waals surface area contributed by atoms with Crippen molar-refractivity contribution in [1.29, 1.82) is 5.26 Å². The summed E-state index contributed by atoms with van der Waals surface area (Å²) in [6.45, 7) is 1.66. The Labute approximate surface area is 204 Å². The molecule has 0 aliphatic heterocycles. The van der Waals surface area contributed by atoms with Gasteiger partial charge >= 0.3 is 0 Å². The summed E-state index contributed by atoms with van der Waals surface area (Å²) in [6, 6.07) is 12.5. The number of nitriles is 1. The molecule has 182 valence electrons. The van der Waals surface area contributed by atoms with E-state index in [9.17, 15) is 19.2 Å². The lowest BCUT2D eigenvalue weighted by molar-refractivity contribution is -0.117. The molecule has 0 aliphatic rings. The van der Waals surface area contributed by atoms with Crippen molar-refractivity contribution in [2.45, 2.75) is 25.8 Å². The number of nitrogens with two attached hydrogens (primary N) is 3. The highest BCUT2D eigenvalue weighted by molar-refractivity contribution is 5.83. The van der Waals surface area contributed by atoms with Crippen molar-refractivity contribution < 1.29 is 9.18 Å². The van der Waals surface area contributed by atoms with Gasteiger partial charge in [0.05, 0.1) is 17.1 Å². The standard InChI is InChI=1S/C24H22FN9O2/c1-12(30-21-15(11-26)20(28)32-24(29)33-21)22-31-19-16(25)9-7-13(8-10-17(27)35)18(19)23(36)34(22)14-5-3-2-4-6-14/h2-7,9,12H,8,10H2,1H3,(H2,27,35)(H5,28,29,30,32,33)/t12-/m0/s1. The molecule has 7 N–H and O–H groups in total. The molecule has 1 amide bonds. The normalized spacial score (nSPS) is 11.7. The number of amides is 1. The minimum atomic E-state index is -0.767. The highest BCUT2D eigenvalue weighted by atomic mass is 19.1. The molecule has 2 heterocycles. The molecule has 0 saturated carbocycles. The highest BCUT2D eigenvalue weighted by Crippen LogP contribution is 2.27. The molecule has 0 bridgehead atoms. The predicted octanol–water partition coefficient (Wildman–Crippen LogP) is 1.94. The number of fused-ring (bicyclic) bond motifs is 1. The van der Waals surface area contributed by atoms with Crippen LogP contribution in [0.2, 0.25) is 0 Å². The molecule has 4 rings (SSSR count). The van der Waals surface area contributed by atoms with Crippen molar-refractivity contribution >= 4 is 34.4 Å². The summed E-state index contributed by atoms with van der Waals surface area (Å²) < 4.78 is 16.3. The highest BCUT2D eigenvalue weighted by Gasteiger charge is 2.23. The Hall–Kier alpha value is -5.05.